The van der Waals surface area contributed by atoms with Crippen molar-refractivity contribution in [3.05, 3.63) is 34.3 Å². The van der Waals surface area contributed by atoms with E-state index in [0.29, 0.717) is 0 Å². The molecule has 118 valence electrons. The molecule has 2 unspecified atom stereocenters. The molecule has 3 heteroatoms. The number of benzene rings is 1. The monoisotopic (exact) mass is 352 g/mol. The van der Waals surface area contributed by atoms with E-state index in [9.17, 15) is 0 Å². The van der Waals surface area contributed by atoms with Crippen LogP contribution in [0.15, 0.2) is 28.7 Å². The normalized spacial score (nSPS) is 23.5. The molecule has 0 spiro atoms. The first kappa shape index (κ1) is 17.0. The summed E-state index contributed by atoms with van der Waals surface area (Å²) in [7, 11) is 0. The van der Waals surface area contributed by atoms with E-state index in [1.165, 1.54) is 44.3 Å². The third-order valence-corrected chi connectivity index (χ3v) is 5.66. The fourth-order valence-corrected chi connectivity index (χ4v) is 3.73. The number of likely N-dealkylation sites (tertiary alicyclic amines) is 1. The lowest BCUT2D eigenvalue weighted by Crippen LogP contribution is -2.53. The fourth-order valence-electron chi connectivity index (χ4n) is 3.47. The molecule has 1 aromatic rings. The molecule has 2 N–H and O–H groups in total. The highest BCUT2D eigenvalue weighted by Crippen LogP contribution is 2.27. The number of nitrogens with two attached hydrogens (primary N) is 1. The minimum atomic E-state index is 0.0798. The number of halogens is 1. The summed E-state index contributed by atoms with van der Waals surface area (Å²) in [5.41, 5.74) is 7.64. The molecule has 0 amide bonds. The van der Waals surface area contributed by atoms with Gasteiger partial charge in [-0.05, 0) is 69.3 Å². The largest absolute Gasteiger partial charge is 0.329 e. The van der Waals surface area contributed by atoms with Crippen molar-refractivity contribution in [1.29, 1.82) is 0 Å². The summed E-state index contributed by atoms with van der Waals surface area (Å²) < 4.78 is 1.14. The Hall–Kier alpha value is -0.380. The van der Waals surface area contributed by atoms with Crippen molar-refractivity contribution in [2.45, 2.75) is 51.5 Å². The lowest BCUT2D eigenvalue weighted by molar-refractivity contribution is 0.113. The maximum absolute atomic E-state index is 6.18. The Balaban J connectivity index is 2.07. The van der Waals surface area contributed by atoms with Crippen molar-refractivity contribution in [3.63, 3.8) is 0 Å². The highest BCUT2D eigenvalue weighted by Gasteiger charge is 2.32. The summed E-state index contributed by atoms with van der Waals surface area (Å²) in [4.78, 5) is 2.64. The van der Waals surface area contributed by atoms with Crippen molar-refractivity contribution in [2.24, 2.45) is 11.7 Å². The number of hydrogen-bond acceptors (Lipinski definition) is 2. The van der Waals surface area contributed by atoms with E-state index in [4.69, 9.17) is 5.73 Å². The Morgan fingerprint density at radius 1 is 1.24 bits per heavy atom. The van der Waals surface area contributed by atoms with Gasteiger partial charge in [-0.3, -0.25) is 4.90 Å². The quantitative estimate of drug-likeness (QED) is 0.859. The molecule has 1 heterocycles. The van der Waals surface area contributed by atoms with Gasteiger partial charge in [-0.2, -0.15) is 0 Å². The van der Waals surface area contributed by atoms with Crippen LogP contribution in [-0.4, -0.2) is 30.1 Å². The van der Waals surface area contributed by atoms with Gasteiger partial charge >= 0.3 is 0 Å². The summed E-state index contributed by atoms with van der Waals surface area (Å²) in [5.74, 6) is 0.907. The highest BCUT2D eigenvalue weighted by molar-refractivity contribution is 9.10. The van der Waals surface area contributed by atoms with Crippen LogP contribution in [0.25, 0.3) is 0 Å². The van der Waals surface area contributed by atoms with Crippen molar-refractivity contribution in [1.82, 2.24) is 4.90 Å². The van der Waals surface area contributed by atoms with Gasteiger partial charge in [0.2, 0.25) is 0 Å². The Morgan fingerprint density at radius 3 is 2.57 bits per heavy atom. The SMILES string of the molecule is CCC1CCCN(C(C)(CN)Cc2ccc(Br)cc2)CC1. The Labute approximate surface area is 138 Å². The fraction of sp³-hybridized carbons (Fsp3) is 0.667. The van der Waals surface area contributed by atoms with Gasteiger partial charge < -0.3 is 5.73 Å². The molecule has 0 bridgehead atoms. The Kier molecular flexibility index (Phi) is 6.27. The van der Waals surface area contributed by atoms with Gasteiger partial charge in [0.05, 0.1) is 0 Å². The van der Waals surface area contributed by atoms with Gasteiger partial charge in [-0.1, -0.05) is 41.4 Å². The molecule has 21 heavy (non-hydrogen) atoms. The minimum Gasteiger partial charge on any atom is -0.329 e. The summed E-state index contributed by atoms with van der Waals surface area (Å²) in [5, 5.41) is 0. The number of nitrogens with zero attached hydrogens (tertiary/aromatic N) is 1. The van der Waals surface area contributed by atoms with Gasteiger partial charge in [0.25, 0.3) is 0 Å². The molecule has 0 aliphatic carbocycles. The van der Waals surface area contributed by atoms with Crippen molar-refractivity contribution < 1.29 is 0 Å². The second kappa shape index (κ2) is 7.75. The standard InChI is InChI=1S/C18H29BrN2/c1-3-15-5-4-11-21(12-10-15)18(2,14-20)13-16-6-8-17(19)9-7-16/h6-9,15H,3-5,10-14,20H2,1-2H3. The predicted molar refractivity (Wildman–Crippen MR) is 94.5 cm³/mol. The first-order valence-electron chi connectivity index (χ1n) is 8.27. The zero-order valence-electron chi connectivity index (χ0n) is 13.4. The van der Waals surface area contributed by atoms with E-state index in [-0.39, 0.29) is 5.54 Å². The van der Waals surface area contributed by atoms with Crippen LogP contribution in [-0.2, 0) is 6.42 Å². The molecule has 1 aromatic carbocycles. The second-order valence-electron chi connectivity index (χ2n) is 6.70. The first-order valence-corrected chi connectivity index (χ1v) is 9.06. The van der Waals surface area contributed by atoms with Crippen LogP contribution in [0.5, 0.6) is 0 Å². The Bertz CT molecular complexity index is 431. The van der Waals surface area contributed by atoms with E-state index in [0.717, 1.165) is 23.4 Å². The maximum atomic E-state index is 6.18. The molecule has 1 aliphatic heterocycles. The summed E-state index contributed by atoms with van der Waals surface area (Å²) in [6.07, 6.45) is 6.38. The van der Waals surface area contributed by atoms with Crippen LogP contribution in [0.3, 0.4) is 0 Å². The predicted octanol–water partition coefficient (Wildman–Crippen LogP) is 4.22. The van der Waals surface area contributed by atoms with Gasteiger partial charge in [-0.15, -0.1) is 0 Å². The lowest BCUT2D eigenvalue weighted by Gasteiger charge is -2.40. The second-order valence-corrected chi connectivity index (χ2v) is 7.61. The molecule has 2 rings (SSSR count). The van der Waals surface area contributed by atoms with Crippen LogP contribution in [0.1, 0.15) is 45.1 Å². The van der Waals surface area contributed by atoms with E-state index in [1.54, 1.807) is 0 Å². The summed E-state index contributed by atoms with van der Waals surface area (Å²) >= 11 is 3.51. The van der Waals surface area contributed by atoms with Crippen LogP contribution in [0, 0.1) is 5.92 Å². The van der Waals surface area contributed by atoms with E-state index in [1.807, 2.05) is 0 Å². The summed E-state index contributed by atoms with van der Waals surface area (Å²) in [6, 6.07) is 8.68. The van der Waals surface area contributed by atoms with E-state index >= 15 is 0 Å². The van der Waals surface area contributed by atoms with Crippen LogP contribution >= 0.6 is 15.9 Å². The maximum Gasteiger partial charge on any atom is 0.0343 e. The molecular weight excluding hydrogens is 324 g/mol. The number of rotatable bonds is 5. The number of hydrogen-bond donors (Lipinski definition) is 1. The van der Waals surface area contributed by atoms with Crippen LogP contribution < -0.4 is 5.73 Å². The molecule has 1 fully saturated rings. The highest BCUT2D eigenvalue weighted by atomic mass is 79.9. The molecule has 2 atom stereocenters. The lowest BCUT2D eigenvalue weighted by atomic mass is 9.90. The molecule has 0 aromatic heterocycles. The van der Waals surface area contributed by atoms with Crippen molar-refractivity contribution in [2.75, 3.05) is 19.6 Å². The van der Waals surface area contributed by atoms with Crippen LogP contribution in [0.2, 0.25) is 0 Å². The van der Waals surface area contributed by atoms with Gasteiger partial charge in [0.1, 0.15) is 0 Å². The third kappa shape index (κ3) is 4.54. The average molecular weight is 353 g/mol. The van der Waals surface area contributed by atoms with Crippen molar-refractivity contribution >= 4 is 15.9 Å². The van der Waals surface area contributed by atoms with Gasteiger partial charge in [0, 0.05) is 16.6 Å². The average Bonchev–Trinajstić information content (AvgIpc) is 2.75. The van der Waals surface area contributed by atoms with E-state index < -0.39 is 0 Å². The molecule has 2 nitrogen and oxygen atoms in total. The molecule has 1 saturated heterocycles. The minimum absolute atomic E-state index is 0.0798. The zero-order chi connectivity index (χ0) is 15.3. The molecular formula is C18H29BrN2. The smallest absolute Gasteiger partial charge is 0.0343 e. The summed E-state index contributed by atoms with van der Waals surface area (Å²) in [6.45, 7) is 7.77. The Morgan fingerprint density at radius 2 is 1.95 bits per heavy atom. The molecule has 0 radical (unpaired) electrons. The molecule has 1 aliphatic rings. The van der Waals surface area contributed by atoms with Crippen molar-refractivity contribution in [3.8, 4) is 0 Å². The molecule has 0 saturated carbocycles. The zero-order valence-corrected chi connectivity index (χ0v) is 15.0. The first-order chi connectivity index (χ1) is 10.1. The topological polar surface area (TPSA) is 29.3 Å². The van der Waals surface area contributed by atoms with Gasteiger partial charge in [0.15, 0.2) is 0 Å². The third-order valence-electron chi connectivity index (χ3n) is 5.13. The van der Waals surface area contributed by atoms with E-state index in [2.05, 4.69) is 58.9 Å². The van der Waals surface area contributed by atoms with Gasteiger partial charge in [-0.25, -0.2) is 0 Å². The van der Waals surface area contributed by atoms with Crippen LogP contribution in [0.4, 0.5) is 0 Å².